The molecule has 1 aromatic rings. The number of amides is 1. The molecule has 6 nitrogen and oxygen atoms in total. The van der Waals surface area contributed by atoms with Crippen molar-refractivity contribution in [3.63, 3.8) is 0 Å². The van der Waals surface area contributed by atoms with E-state index in [1.807, 2.05) is 0 Å². The van der Waals surface area contributed by atoms with Crippen LogP contribution in [0.4, 0.5) is 4.79 Å². The second-order valence-corrected chi connectivity index (χ2v) is 5.84. The van der Waals surface area contributed by atoms with Gasteiger partial charge in [0.1, 0.15) is 0 Å². The Hall–Kier alpha value is -1.85. The molecule has 116 valence electrons. The van der Waals surface area contributed by atoms with Crippen molar-refractivity contribution < 1.29 is 4.79 Å². The first-order chi connectivity index (χ1) is 10.1. The molecule has 0 radical (unpaired) electrons. The van der Waals surface area contributed by atoms with Gasteiger partial charge in [0.05, 0.1) is 0 Å². The minimum Gasteiger partial charge on any atom is -0.337 e. The summed E-state index contributed by atoms with van der Waals surface area (Å²) in [6, 6.07) is 0.684. The highest BCUT2D eigenvalue weighted by atomic mass is 16.2. The summed E-state index contributed by atoms with van der Waals surface area (Å²) in [6.07, 6.45) is 8.46. The summed E-state index contributed by atoms with van der Waals surface area (Å²) in [5.74, 6) is 1.32. The maximum absolute atomic E-state index is 11.9. The van der Waals surface area contributed by atoms with Gasteiger partial charge in [-0.25, -0.2) is 14.2 Å². The molecule has 1 heterocycles. The van der Waals surface area contributed by atoms with Crippen molar-refractivity contribution in [3.05, 3.63) is 33.1 Å². The summed E-state index contributed by atoms with van der Waals surface area (Å²) in [4.78, 5) is 36.4. The SMILES string of the molecule is CCCC1CCC(CNC(=O)n2ccc(=O)[nH]c2=O)CC1. The molecule has 0 atom stereocenters. The Labute approximate surface area is 123 Å². The van der Waals surface area contributed by atoms with Gasteiger partial charge in [0.25, 0.3) is 5.56 Å². The summed E-state index contributed by atoms with van der Waals surface area (Å²) in [5, 5.41) is 2.78. The summed E-state index contributed by atoms with van der Waals surface area (Å²) >= 11 is 0. The summed E-state index contributed by atoms with van der Waals surface area (Å²) in [5.41, 5.74) is -1.20. The van der Waals surface area contributed by atoms with Crippen molar-refractivity contribution in [2.45, 2.75) is 45.4 Å². The lowest BCUT2D eigenvalue weighted by Crippen LogP contribution is -2.41. The van der Waals surface area contributed by atoms with E-state index in [2.05, 4.69) is 17.2 Å². The number of rotatable bonds is 4. The smallest absolute Gasteiger partial charge is 0.336 e. The van der Waals surface area contributed by atoms with Crippen LogP contribution < -0.4 is 16.6 Å². The van der Waals surface area contributed by atoms with E-state index in [1.54, 1.807) is 0 Å². The zero-order valence-corrected chi connectivity index (χ0v) is 12.4. The van der Waals surface area contributed by atoms with Crippen LogP contribution in [-0.2, 0) is 0 Å². The fourth-order valence-electron chi connectivity index (χ4n) is 3.03. The minimum absolute atomic E-state index is 0.480. The lowest BCUT2D eigenvalue weighted by atomic mass is 9.80. The molecular formula is C15H23N3O3. The van der Waals surface area contributed by atoms with Crippen LogP contribution in [0.5, 0.6) is 0 Å². The molecule has 1 aliphatic carbocycles. The number of carbonyl (C=O) groups excluding carboxylic acids is 1. The van der Waals surface area contributed by atoms with E-state index in [0.717, 1.165) is 29.4 Å². The van der Waals surface area contributed by atoms with Crippen molar-refractivity contribution in [1.29, 1.82) is 0 Å². The van der Waals surface area contributed by atoms with Crippen molar-refractivity contribution >= 4 is 6.03 Å². The molecular weight excluding hydrogens is 270 g/mol. The van der Waals surface area contributed by atoms with Gasteiger partial charge in [-0.15, -0.1) is 0 Å². The average Bonchev–Trinajstić information content (AvgIpc) is 2.46. The summed E-state index contributed by atoms with van der Waals surface area (Å²) < 4.78 is 0.893. The molecule has 0 spiro atoms. The first-order valence-corrected chi connectivity index (χ1v) is 7.70. The minimum atomic E-state index is -0.702. The molecule has 0 aromatic carbocycles. The third-order valence-corrected chi connectivity index (χ3v) is 4.25. The normalized spacial score (nSPS) is 22.0. The highest BCUT2D eigenvalue weighted by Crippen LogP contribution is 2.30. The van der Waals surface area contributed by atoms with Gasteiger partial charge in [0.15, 0.2) is 0 Å². The van der Waals surface area contributed by atoms with Gasteiger partial charge in [0.2, 0.25) is 0 Å². The van der Waals surface area contributed by atoms with E-state index in [-0.39, 0.29) is 0 Å². The Morgan fingerprint density at radius 2 is 1.95 bits per heavy atom. The van der Waals surface area contributed by atoms with Crippen molar-refractivity contribution in [2.75, 3.05) is 6.54 Å². The van der Waals surface area contributed by atoms with E-state index >= 15 is 0 Å². The maximum Gasteiger partial charge on any atom is 0.336 e. The van der Waals surface area contributed by atoms with Crippen molar-refractivity contribution in [2.24, 2.45) is 11.8 Å². The van der Waals surface area contributed by atoms with E-state index in [4.69, 9.17) is 0 Å². The topological polar surface area (TPSA) is 84.0 Å². The first-order valence-electron chi connectivity index (χ1n) is 7.70. The van der Waals surface area contributed by atoms with Gasteiger partial charge in [-0.1, -0.05) is 32.6 Å². The predicted molar refractivity (Wildman–Crippen MR) is 80.5 cm³/mol. The zero-order valence-electron chi connectivity index (χ0n) is 12.4. The second-order valence-electron chi connectivity index (χ2n) is 5.84. The molecule has 1 aliphatic rings. The third-order valence-electron chi connectivity index (χ3n) is 4.25. The Balaban J connectivity index is 1.82. The fourth-order valence-corrected chi connectivity index (χ4v) is 3.03. The molecule has 0 aliphatic heterocycles. The number of carbonyl (C=O) groups is 1. The van der Waals surface area contributed by atoms with E-state index in [9.17, 15) is 14.4 Å². The average molecular weight is 293 g/mol. The Kier molecular flexibility index (Phi) is 5.36. The summed E-state index contributed by atoms with van der Waals surface area (Å²) in [6.45, 7) is 2.80. The van der Waals surface area contributed by atoms with E-state index < -0.39 is 17.3 Å². The quantitative estimate of drug-likeness (QED) is 0.886. The second kappa shape index (κ2) is 7.24. The van der Waals surface area contributed by atoms with Crippen LogP contribution in [0, 0.1) is 11.8 Å². The molecule has 1 aromatic heterocycles. The van der Waals surface area contributed by atoms with Crippen LogP contribution >= 0.6 is 0 Å². The molecule has 0 unspecified atom stereocenters. The van der Waals surface area contributed by atoms with Gasteiger partial charge >= 0.3 is 11.7 Å². The maximum atomic E-state index is 11.9. The number of nitrogens with zero attached hydrogens (tertiary/aromatic N) is 1. The standard InChI is InChI=1S/C15H23N3O3/c1-2-3-11-4-6-12(7-5-11)10-16-14(20)18-9-8-13(19)17-15(18)21/h8-9,11-12H,2-7,10H2,1H3,(H,16,20)(H,17,19,21). The molecule has 21 heavy (non-hydrogen) atoms. The van der Waals surface area contributed by atoms with Crippen LogP contribution in [0.25, 0.3) is 0 Å². The van der Waals surface area contributed by atoms with Crippen molar-refractivity contribution in [1.82, 2.24) is 14.9 Å². The van der Waals surface area contributed by atoms with Crippen LogP contribution in [0.3, 0.4) is 0 Å². The van der Waals surface area contributed by atoms with Gasteiger partial charge in [0, 0.05) is 18.8 Å². The highest BCUT2D eigenvalue weighted by molar-refractivity contribution is 5.76. The predicted octanol–water partition coefficient (Wildman–Crippen LogP) is 1.70. The molecule has 0 bridgehead atoms. The number of aromatic nitrogens is 2. The highest BCUT2D eigenvalue weighted by Gasteiger charge is 2.21. The van der Waals surface area contributed by atoms with Gasteiger partial charge in [-0.2, -0.15) is 0 Å². The monoisotopic (exact) mass is 293 g/mol. The number of nitrogens with one attached hydrogen (secondary N) is 2. The molecule has 1 amide bonds. The molecule has 0 saturated heterocycles. The van der Waals surface area contributed by atoms with Crippen LogP contribution in [0.15, 0.2) is 21.9 Å². The summed E-state index contributed by atoms with van der Waals surface area (Å²) in [7, 11) is 0. The van der Waals surface area contributed by atoms with Gasteiger partial charge < -0.3 is 5.32 Å². The number of hydrogen-bond acceptors (Lipinski definition) is 3. The molecule has 6 heteroatoms. The lowest BCUT2D eigenvalue weighted by molar-refractivity contribution is 0.229. The molecule has 2 rings (SSSR count). The lowest BCUT2D eigenvalue weighted by Gasteiger charge is -2.28. The van der Waals surface area contributed by atoms with Gasteiger partial charge in [-0.3, -0.25) is 9.78 Å². The van der Waals surface area contributed by atoms with Gasteiger partial charge in [-0.05, 0) is 24.7 Å². The van der Waals surface area contributed by atoms with Crippen molar-refractivity contribution in [3.8, 4) is 0 Å². The zero-order chi connectivity index (χ0) is 15.2. The first kappa shape index (κ1) is 15.5. The van der Waals surface area contributed by atoms with E-state index in [0.29, 0.717) is 12.5 Å². The van der Waals surface area contributed by atoms with Crippen LogP contribution in [-0.4, -0.2) is 22.1 Å². The Morgan fingerprint density at radius 1 is 1.29 bits per heavy atom. The van der Waals surface area contributed by atoms with E-state index in [1.165, 1.54) is 31.9 Å². The molecule has 1 fully saturated rings. The Morgan fingerprint density at radius 3 is 2.57 bits per heavy atom. The number of hydrogen-bond donors (Lipinski definition) is 2. The Bertz CT molecular complexity index is 582. The molecule has 2 N–H and O–H groups in total. The van der Waals surface area contributed by atoms with Crippen LogP contribution in [0.2, 0.25) is 0 Å². The fraction of sp³-hybridized carbons (Fsp3) is 0.667. The molecule has 1 saturated carbocycles. The number of aromatic amines is 1. The number of H-pyrrole nitrogens is 1. The third kappa shape index (κ3) is 4.31. The largest absolute Gasteiger partial charge is 0.337 e. The van der Waals surface area contributed by atoms with Crippen LogP contribution in [0.1, 0.15) is 45.4 Å².